The van der Waals surface area contributed by atoms with Crippen molar-refractivity contribution < 1.29 is 18.9 Å². The molecule has 0 bridgehead atoms. The first-order valence-electron chi connectivity index (χ1n) is 10.8. The number of methoxy groups -OCH3 is 1. The van der Waals surface area contributed by atoms with Gasteiger partial charge in [-0.15, -0.1) is 0 Å². The molecule has 0 aromatic heterocycles. The third kappa shape index (κ3) is 4.14. The molecule has 3 aliphatic heterocycles. The minimum Gasteiger partial charge on any atom is -0.495 e. The van der Waals surface area contributed by atoms with Gasteiger partial charge in [-0.25, -0.2) is 9.37 Å². The van der Waals surface area contributed by atoms with Crippen molar-refractivity contribution in [3.8, 4) is 5.75 Å². The zero-order valence-corrected chi connectivity index (χ0v) is 18.5. The van der Waals surface area contributed by atoms with Crippen LogP contribution in [0, 0.1) is 0 Å². The van der Waals surface area contributed by atoms with Crippen LogP contribution in [0.2, 0.25) is 0 Å². The van der Waals surface area contributed by atoms with Gasteiger partial charge < -0.3 is 9.64 Å². The van der Waals surface area contributed by atoms with Gasteiger partial charge in [0.2, 0.25) is 0 Å². The number of rotatable bonds is 7. The van der Waals surface area contributed by atoms with Crippen molar-refractivity contribution in [3.63, 3.8) is 0 Å². The first-order chi connectivity index (χ1) is 15.0. The SMILES string of the molecule is COc1ccccc1N1CCN(CCCCN2C(=O)C3C(=NC=[N+]3C)N(C)C2=O)CC1. The third-order valence-corrected chi connectivity index (χ3v) is 6.29. The molecule has 31 heavy (non-hydrogen) atoms. The van der Waals surface area contributed by atoms with Crippen molar-refractivity contribution in [2.45, 2.75) is 18.9 Å². The summed E-state index contributed by atoms with van der Waals surface area (Å²) in [5.74, 6) is 1.25. The number of aliphatic imine (C=N–C) groups is 1. The molecule has 1 aromatic carbocycles. The molecule has 0 radical (unpaired) electrons. The molecule has 3 aliphatic rings. The Bertz CT molecular complexity index is 906. The molecule has 0 aliphatic carbocycles. The summed E-state index contributed by atoms with van der Waals surface area (Å²) in [5.41, 5.74) is 1.15. The van der Waals surface area contributed by atoms with Crippen LogP contribution in [0.15, 0.2) is 29.3 Å². The molecular weight excluding hydrogens is 396 g/mol. The number of urea groups is 1. The molecule has 0 spiro atoms. The maximum atomic E-state index is 12.8. The lowest BCUT2D eigenvalue weighted by Gasteiger charge is -2.37. The fourth-order valence-corrected chi connectivity index (χ4v) is 4.46. The standard InChI is InChI=1S/C22H31N6O3/c1-24-16-23-20-19(24)21(29)28(22(30)25(20)2)11-7-6-10-26-12-14-27(15-13-26)17-8-4-5-9-18(17)31-3/h4-5,8-9,16,19H,6-7,10-15H2,1-3H3/q+1. The molecule has 9 nitrogen and oxygen atoms in total. The van der Waals surface area contributed by atoms with Crippen LogP contribution < -0.4 is 9.64 Å². The second-order valence-corrected chi connectivity index (χ2v) is 8.21. The number of hydrogen-bond acceptors (Lipinski definition) is 6. The van der Waals surface area contributed by atoms with E-state index in [4.69, 9.17) is 4.74 Å². The highest BCUT2D eigenvalue weighted by Crippen LogP contribution is 2.28. The van der Waals surface area contributed by atoms with E-state index < -0.39 is 6.04 Å². The third-order valence-electron chi connectivity index (χ3n) is 6.29. The number of carbonyl (C=O) groups excluding carboxylic acids is 2. The molecular formula is C22H31N6O3+. The van der Waals surface area contributed by atoms with Crippen LogP contribution in [0.5, 0.6) is 5.75 Å². The van der Waals surface area contributed by atoms with Crippen LogP contribution in [0.1, 0.15) is 12.8 Å². The van der Waals surface area contributed by atoms with Crippen LogP contribution in [-0.2, 0) is 4.79 Å². The van der Waals surface area contributed by atoms with E-state index in [1.54, 1.807) is 25.1 Å². The van der Waals surface area contributed by atoms with Crippen LogP contribution in [-0.4, -0.2) is 110 Å². The summed E-state index contributed by atoms with van der Waals surface area (Å²) in [6, 6.07) is 7.37. The Morgan fingerprint density at radius 1 is 1.10 bits per heavy atom. The Labute approximate surface area is 183 Å². The highest BCUT2D eigenvalue weighted by atomic mass is 16.5. The summed E-state index contributed by atoms with van der Waals surface area (Å²) < 4.78 is 7.25. The molecule has 166 valence electrons. The number of imide groups is 1. The van der Waals surface area contributed by atoms with E-state index in [0.717, 1.165) is 57.0 Å². The van der Waals surface area contributed by atoms with E-state index in [0.29, 0.717) is 12.4 Å². The molecule has 4 rings (SSSR count). The van der Waals surface area contributed by atoms with Gasteiger partial charge in [0.05, 0.1) is 19.8 Å². The smallest absolute Gasteiger partial charge is 0.333 e. The fourth-order valence-electron chi connectivity index (χ4n) is 4.46. The van der Waals surface area contributed by atoms with E-state index in [1.807, 2.05) is 25.2 Å². The van der Waals surface area contributed by atoms with E-state index in [9.17, 15) is 9.59 Å². The normalized spacial score (nSPS) is 21.9. The lowest BCUT2D eigenvalue weighted by atomic mass is 10.1. The zero-order valence-electron chi connectivity index (χ0n) is 18.5. The Morgan fingerprint density at radius 2 is 1.81 bits per heavy atom. The Morgan fingerprint density at radius 3 is 2.55 bits per heavy atom. The highest BCUT2D eigenvalue weighted by molar-refractivity contribution is 6.21. The van der Waals surface area contributed by atoms with Crippen LogP contribution in [0.3, 0.4) is 0 Å². The summed E-state index contributed by atoms with van der Waals surface area (Å²) in [6.45, 7) is 5.31. The lowest BCUT2D eigenvalue weighted by molar-refractivity contribution is -0.500. The maximum Gasteiger partial charge on any atom is 0.333 e. The number of unbranched alkanes of at least 4 members (excludes halogenated alkanes) is 1. The largest absolute Gasteiger partial charge is 0.495 e. The van der Waals surface area contributed by atoms with Gasteiger partial charge in [-0.3, -0.25) is 19.5 Å². The molecule has 3 amide bonds. The number of amides is 3. The fraction of sp³-hybridized carbons (Fsp3) is 0.545. The second-order valence-electron chi connectivity index (χ2n) is 8.21. The summed E-state index contributed by atoms with van der Waals surface area (Å²) in [4.78, 5) is 37.3. The lowest BCUT2D eigenvalue weighted by Crippen LogP contribution is -2.62. The van der Waals surface area contributed by atoms with Gasteiger partial charge in [0.1, 0.15) is 5.75 Å². The number of nitrogens with zero attached hydrogens (tertiary/aromatic N) is 6. The minimum atomic E-state index is -0.481. The first-order valence-corrected chi connectivity index (χ1v) is 10.8. The monoisotopic (exact) mass is 427 g/mol. The highest BCUT2D eigenvalue weighted by Gasteiger charge is 2.50. The van der Waals surface area contributed by atoms with Gasteiger partial charge in [0.15, 0.2) is 0 Å². The number of ether oxygens (including phenoxy) is 1. The summed E-state index contributed by atoms with van der Waals surface area (Å²) in [5, 5.41) is 0. The molecule has 2 fully saturated rings. The van der Waals surface area contributed by atoms with Crippen LogP contribution in [0.25, 0.3) is 0 Å². The molecule has 3 heterocycles. The molecule has 0 saturated carbocycles. The van der Waals surface area contributed by atoms with Crippen molar-refractivity contribution in [1.82, 2.24) is 14.7 Å². The molecule has 2 saturated heterocycles. The van der Waals surface area contributed by atoms with Gasteiger partial charge in [0, 0.05) is 39.8 Å². The van der Waals surface area contributed by atoms with Crippen molar-refractivity contribution in [1.29, 1.82) is 0 Å². The van der Waals surface area contributed by atoms with E-state index in [-0.39, 0.29) is 11.9 Å². The molecule has 1 aromatic rings. The second kappa shape index (κ2) is 9.05. The van der Waals surface area contributed by atoms with Crippen molar-refractivity contribution in [2.24, 2.45) is 4.99 Å². The Balaban J connectivity index is 1.23. The number of hydrogen-bond donors (Lipinski definition) is 0. The van der Waals surface area contributed by atoms with Crippen molar-refractivity contribution in [2.75, 3.05) is 65.4 Å². The average Bonchev–Trinajstić information content (AvgIpc) is 3.19. The van der Waals surface area contributed by atoms with E-state index in [1.165, 1.54) is 9.80 Å². The Hall–Kier alpha value is -2.94. The van der Waals surface area contributed by atoms with E-state index >= 15 is 0 Å². The number of piperazine rings is 1. The molecule has 0 N–H and O–H groups in total. The van der Waals surface area contributed by atoms with Gasteiger partial charge in [-0.05, 0) is 36.5 Å². The van der Waals surface area contributed by atoms with Gasteiger partial charge in [-0.1, -0.05) is 12.1 Å². The quantitative estimate of drug-likeness (QED) is 0.479. The predicted molar refractivity (Wildman–Crippen MR) is 119 cm³/mol. The van der Waals surface area contributed by atoms with Crippen molar-refractivity contribution >= 4 is 29.8 Å². The predicted octanol–water partition coefficient (Wildman–Crippen LogP) is 0.943. The van der Waals surface area contributed by atoms with E-state index in [2.05, 4.69) is 20.9 Å². The minimum absolute atomic E-state index is 0.177. The molecule has 1 atom stereocenters. The topological polar surface area (TPSA) is 71.7 Å². The van der Waals surface area contributed by atoms with Crippen LogP contribution in [0.4, 0.5) is 10.5 Å². The first kappa shape index (κ1) is 21.3. The number of benzene rings is 1. The number of anilines is 1. The number of likely N-dealkylation sites (N-methyl/N-ethyl adjacent to an activating group) is 2. The number of fused-ring (bicyclic) bond motifs is 1. The summed E-state index contributed by atoms with van der Waals surface area (Å²) >= 11 is 0. The summed E-state index contributed by atoms with van der Waals surface area (Å²) in [7, 11) is 5.20. The van der Waals surface area contributed by atoms with Gasteiger partial charge in [0.25, 0.3) is 24.1 Å². The number of para-hydroxylation sites is 2. The summed E-state index contributed by atoms with van der Waals surface area (Å²) in [6.07, 6.45) is 3.35. The average molecular weight is 428 g/mol. The molecule has 1 unspecified atom stereocenters. The van der Waals surface area contributed by atoms with Gasteiger partial charge in [-0.2, -0.15) is 0 Å². The zero-order chi connectivity index (χ0) is 22.0. The number of amidine groups is 1. The maximum absolute atomic E-state index is 12.8. The number of carbonyl (C=O) groups is 2. The van der Waals surface area contributed by atoms with Crippen molar-refractivity contribution in [3.05, 3.63) is 24.3 Å². The molecule has 9 heteroatoms. The van der Waals surface area contributed by atoms with Gasteiger partial charge >= 0.3 is 6.03 Å². The van der Waals surface area contributed by atoms with Crippen LogP contribution >= 0.6 is 0 Å². The Kier molecular flexibility index (Phi) is 6.22.